The van der Waals surface area contributed by atoms with Gasteiger partial charge < -0.3 is 4.42 Å². The van der Waals surface area contributed by atoms with E-state index in [1.54, 1.807) is 5.38 Å². The molecule has 1 aromatic carbocycles. The quantitative estimate of drug-likeness (QED) is 0.788. The van der Waals surface area contributed by atoms with Gasteiger partial charge in [-0.3, -0.25) is 4.98 Å². The van der Waals surface area contributed by atoms with Crippen LogP contribution in [0.25, 0.3) is 11.1 Å². The van der Waals surface area contributed by atoms with E-state index in [1.165, 1.54) is 42.8 Å². The van der Waals surface area contributed by atoms with E-state index in [0.717, 1.165) is 4.31 Å². The highest BCUT2D eigenvalue weighted by atomic mass is 32.2. The normalized spacial score (nSPS) is 11.8. The van der Waals surface area contributed by atoms with Gasteiger partial charge in [0.1, 0.15) is 0 Å². The van der Waals surface area contributed by atoms with Crippen molar-refractivity contribution in [2.45, 2.75) is 4.90 Å². The molecule has 0 aliphatic rings. The van der Waals surface area contributed by atoms with Crippen molar-refractivity contribution >= 4 is 37.6 Å². The van der Waals surface area contributed by atoms with Crippen LogP contribution in [0.3, 0.4) is 0 Å². The summed E-state index contributed by atoms with van der Waals surface area (Å²) in [5, 5.41) is 2.05. The Hall–Kier alpha value is -2.13. The van der Waals surface area contributed by atoms with Gasteiger partial charge in [0, 0.05) is 24.7 Å². The van der Waals surface area contributed by atoms with Crippen LogP contribution in [0.1, 0.15) is 0 Å². The van der Waals surface area contributed by atoms with E-state index >= 15 is 0 Å². The Morgan fingerprint density at radius 3 is 2.90 bits per heavy atom. The van der Waals surface area contributed by atoms with Crippen molar-refractivity contribution in [3.8, 4) is 0 Å². The maximum absolute atomic E-state index is 12.4. The fourth-order valence-electron chi connectivity index (χ4n) is 1.72. The lowest BCUT2D eigenvalue weighted by molar-refractivity contribution is 0.554. The minimum Gasteiger partial charge on any atom is -0.408 e. The number of nitrogens with zero attached hydrogens (tertiary/aromatic N) is 2. The number of aromatic amines is 1. The highest BCUT2D eigenvalue weighted by Crippen LogP contribution is 2.25. The summed E-state index contributed by atoms with van der Waals surface area (Å²) in [5.41, 5.74) is 0.648. The van der Waals surface area contributed by atoms with Crippen molar-refractivity contribution in [2.75, 3.05) is 11.4 Å². The third-order valence-electron chi connectivity index (χ3n) is 2.74. The van der Waals surface area contributed by atoms with Gasteiger partial charge in [0.2, 0.25) is 0 Å². The Labute approximate surface area is 117 Å². The molecule has 0 atom stereocenters. The summed E-state index contributed by atoms with van der Waals surface area (Å²) in [5.74, 6) is -0.622. The first kappa shape index (κ1) is 12.9. The van der Waals surface area contributed by atoms with Crippen LogP contribution in [0, 0.1) is 0 Å². The number of anilines is 1. The number of thiazole rings is 1. The second-order valence-corrected chi connectivity index (χ2v) is 6.80. The lowest BCUT2D eigenvalue weighted by atomic mass is 10.3. The molecule has 0 amide bonds. The van der Waals surface area contributed by atoms with Crippen molar-refractivity contribution in [1.29, 1.82) is 0 Å². The number of oxazole rings is 1. The lowest BCUT2D eigenvalue weighted by Gasteiger charge is -2.15. The smallest absolute Gasteiger partial charge is 0.408 e. The van der Waals surface area contributed by atoms with E-state index in [4.69, 9.17) is 4.42 Å². The molecule has 20 heavy (non-hydrogen) atoms. The molecule has 9 heteroatoms. The summed E-state index contributed by atoms with van der Waals surface area (Å²) in [6.07, 6.45) is 1.53. The van der Waals surface area contributed by atoms with E-state index in [2.05, 4.69) is 9.97 Å². The van der Waals surface area contributed by atoms with Gasteiger partial charge in [0.15, 0.2) is 10.7 Å². The average molecular weight is 311 g/mol. The van der Waals surface area contributed by atoms with E-state index in [9.17, 15) is 13.2 Å². The van der Waals surface area contributed by atoms with Crippen LogP contribution < -0.4 is 10.1 Å². The molecule has 0 aliphatic heterocycles. The number of sulfonamides is 1. The first-order chi connectivity index (χ1) is 9.48. The van der Waals surface area contributed by atoms with Crippen LogP contribution in [0.2, 0.25) is 0 Å². The second-order valence-electron chi connectivity index (χ2n) is 3.96. The van der Waals surface area contributed by atoms with Gasteiger partial charge >= 0.3 is 5.76 Å². The molecule has 1 N–H and O–H groups in total. The van der Waals surface area contributed by atoms with E-state index in [1.807, 2.05) is 0 Å². The van der Waals surface area contributed by atoms with Gasteiger partial charge in [-0.15, -0.1) is 11.3 Å². The zero-order chi connectivity index (χ0) is 14.3. The molecule has 7 nitrogen and oxygen atoms in total. The highest BCUT2D eigenvalue weighted by Gasteiger charge is 2.23. The summed E-state index contributed by atoms with van der Waals surface area (Å²) in [6.45, 7) is 0. The minimum absolute atomic E-state index is 0.0328. The molecule has 3 rings (SSSR count). The minimum atomic E-state index is -3.74. The van der Waals surface area contributed by atoms with Crippen molar-refractivity contribution in [1.82, 2.24) is 9.97 Å². The Morgan fingerprint density at radius 2 is 2.20 bits per heavy atom. The van der Waals surface area contributed by atoms with Crippen molar-refractivity contribution in [2.24, 2.45) is 0 Å². The first-order valence-corrected chi connectivity index (χ1v) is 7.82. The van der Waals surface area contributed by atoms with Crippen molar-refractivity contribution in [3.05, 3.63) is 40.3 Å². The van der Waals surface area contributed by atoms with Crippen LogP contribution in [-0.4, -0.2) is 25.4 Å². The van der Waals surface area contributed by atoms with Gasteiger partial charge in [-0.2, -0.15) is 0 Å². The molecular weight excluding hydrogens is 302 g/mol. The zero-order valence-electron chi connectivity index (χ0n) is 10.2. The van der Waals surface area contributed by atoms with Crippen molar-refractivity contribution in [3.63, 3.8) is 0 Å². The van der Waals surface area contributed by atoms with Crippen molar-refractivity contribution < 1.29 is 12.8 Å². The molecule has 0 unspecified atom stereocenters. The third-order valence-corrected chi connectivity index (χ3v) is 5.45. The van der Waals surface area contributed by atoms with E-state index in [-0.39, 0.29) is 10.5 Å². The number of hydrogen-bond acceptors (Lipinski definition) is 6. The largest absolute Gasteiger partial charge is 0.417 e. The first-order valence-electron chi connectivity index (χ1n) is 5.50. The molecule has 0 bridgehead atoms. The topological polar surface area (TPSA) is 96.3 Å². The summed E-state index contributed by atoms with van der Waals surface area (Å²) >= 11 is 1.22. The predicted molar refractivity (Wildman–Crippen MR) is 74.5 cm³/mol. The predicted octanol–water partition coefficient (Wildman–Crippen LogP) is 1.40. The monoisotopic (exact) mass is 311 g/mol. The molecule has 0 saturated carbocycles. The highest BCUT2D eigenvalue weighted by molar-refractivity contribution is 7.93. The van der Waals surface area contributed by atoms with Crippen LogP contribution in [-0.2, 0) is 10.0 Å². The van der Waals surface area contributed by atoms with Gasteiger partial charge in [-0.05, 0) is 12.1 Å². The molecule has 0 radical (unpaired) electrons. The lowest BCUT2D eigenvalue weighted by Crippen LogP contribution is -2.26. The molecule has 0 aliphatic carbocycles. The van der Waals surface area contributed by atoms with Crippen LogP contribution in [0.5, 0.6) is 0 Å². The van der Waals surface area contributed by atoms with Gasteiger partial charge in [0.25, 0.3) is 10.0 Å². The average Bonchev–Trinajstić information content (AvgIpc) is 3.04. The number of fused-ring (bicyclic) bond motifs is 1. The van der Waals surface area contributed by atoms with Gasteiger partial charge in [-0.1, -0.05) is 0 Å². The standard InChI is InChI=1S/C11H9N3O4S2/c1-14(10-12-4-5-19-10)20(16,17)7-2-3-8-9(6-7)18-11(15)13-8/h2-6H,1H3,(H,13,15). The van der Waals surface area contributed by atoms with Crippen LogP contribution in [0.4, 0.5) is 5.13 Å². The zero-order valence-corrected chi connectivity index (χ0v) is 11.9. The summed E-state index contributed by atoms with van der Waals surface area (Å²) in [4.78, 5) is 17.5. The molecular formula is C11H9N3O4S2. The molecule has 2 heterocycles. The second kappa shape index (κ2) is 4.46. The van der Waals surface area contributed by atoms with Crippen LogP contribution in [0.15, 0.2) is 43.9 Å². The number of rotatable bonds is 3. The van der Waals surface area contributed by atoms with E-state index < -0.39 is 15.8 Å². The summed E-state index contributed by atoms with van der Waals surface area (Å²) < 4.78 is 30.8. The summed E-state index contributed by atoms with van der Waals surface area (Å²) in [6, 6.07) is 4.21. The molecule has 3 aromatic rings. The fourth-order valence-corrected chi connectivity index (χ4v) is 3.72. The van der Waals surface area contributed by atoms with Gasteiger partial charge in [-0.25, -0.2) is 22.5 Å². The molecule has 104 valence electrons. The Morgan fingerprint density at radius 1 is 1.40 bits per heavy atom. The maximum Gasteiger partial charge on any atom is 0.417 e. The van der Waals surface area contributed by atoms with E-state index in [0.29, 0.717) is 10.6 Å². The number of H-pyrrole nitrogens is 1. The Balaban J connectivity index is 2.11. The number of aromatic nitrogens is 2. The number of benzene rings is 1. The number of hydrogen-bond donors (Lipinski definition) is 1. The Kier molecular flexibility index (Phi) is 2.87. The Bertz CT molecular complexity index is 909. The summed E-state index contributed by atoms with van der Waals surface area (Å²) in [7, 11) is -2.32. The molecule has 0 fully saturated rings. The maximum atomic E-state index is 12.4. The third kappa shape index (κ3) is 2.00. The number of nitrogens with one attached hydrogen (secondary N) is 1. The fraction of sp³-hybridized carbons (Fsp3) is 0.0909. The molecule has 0 spiro atoms. The molecule has 2 aromatic heterocycles. The van der Waals surface area contributed by atoms with Crippen LogP contribution >= 0.6 is 11.3 Å². The molecule has 0 saturated heterocycles. The SMILES string of the molecule is CN(c1nccs1)S(=O)(=O)c1ccc2[nH]c(=O)oc2c1. The van der Waals surface area contributed by atoms with Gasteiger partial charge in [0.05, 0.1) is 10.4 Å².